The first kappa shape index (κ1) is 41.4. The molecule has 0 aromatic heterocycles. The van der Waals surface area contributed by atoms with Crippen molar-refractivity contribution in [3.8, 4) is 0 Å². The molecule has 2 unspecified atom stereocenters. The van der Waals surface area contributed by atoms with E-state index in [1.54, 1.807) is 0 Å². The molecular weight excluding hydrogens is 545 g/mol. The Morgan fingerprint density at radius 1 is 0.694 bits per heavy atom. The molecule has 10 heteroatoms. The van der Waals surface area contributed by atoms with E-state index in [9.17, 15) is 0 Å². The standard InChI is InChI=1S/C11H30O2Si3.C8H16.C7H22O2Si3/c1-8-9-10-16(7,12-11-14(2)3)13-15(4,5)6;1-3-5-7-8-6-4-2;1-10(2)7-8-11(3)9-12(4,5)6/h14H,8-11H2,1-7H3;3H,1,4-8H2,2H3;10-11H,7H2,1-6H3. The van der Waals surface area contributed by atoms with Gasteiger partial charge in [0.2, 0.25) is 0 Å². The normalized spacial score (nSPS) is 14.4. The first-order chi connectivity index (χ1) is 16.4. The molecule has 220 valence electrons. The Bertz CT molecular complexity index is 496. The third-order valence-corrected chi connectivity index (χ3v) is 18.1. The molecule has 0 fully saturated rings. The molecule has 0 bridgehead atoms. The molecule has 0 radical (unpaired) electrons. The van der Waals surface area contributed by atoms with Gasteiger partial charge in [-0.1, -0.05) is 78.2 Å². The zero-order valence-corrected chi connectivity index (χ0v) is 33.7. The molecule has 0 spiro atoms. The fraction of sp³-hybridized carbons (Fsp3) is 0.923. The van der Waals surface area contributed by atoms with Gasteiger partial charge in [-0.2, -0.15) is 0 Å². The number of unbranched alkanes of at least 4 members (excludes halogenated alkanes) is 5. The molecule has 0 N–H and O–H groups in total. The highest BCUT2D eigenvalue weighted by Gasteiger charge is 2.36. The fourth-order valence-corrected chi connectivity index (χ4v) is 19.8. The molecule has 0 aliphatic rings. The minimum absolute atomic E-state index is 0.547. The quantitative estimate of drug-likeness (QED) is 0.0882. The Hall–Kier alpha value is 0.881. The van der Waals surface area contributed by atoms with Crippen molar-refractivity contribution in [2.75, 3.05) is 12.5 Å². The molecule has 0 saturated carbocycles. The van der Waals surface area contributed by atoms with Crippen LogP contribution in [-0.2, 0) is 17.1 Å². The van der Waals surface area contributed by atoms with Crippen molar-refractivity contribution in [2.24, 2.45) is 0 Å². The Kier molecular flexibility index (Phi) is 27.3. The molecule has 2 atom stereocenters. The Balaban J connectivity index is -0.000000481. The van der Waals surface area contributed by atoms with E-state index >= 15 is 0 Å². The minimum Gasteiger partial charge on any atom is -0.438 e. The van der Waals surface area contributed by atoms with Crippen LogP contribution in [0, 0.1) is 0 Å². The SMILES string of the molecule is C=CCCCCCC.CCCC[Si](C)(OC[SiH](C)C)O[Si](C)(C)C.C[SiH](C)CO[SiH](C)O[Si](C)(C)C. The third-order valence-electron chi connectivity index (χ3n) is 4.67. The lowest BCUT2D eigenvalue weighted by Gasteiger charge is -2.34. The summed E-state index contributed by atoms with van der Waals surface area (Å²) in [5.41, 5.74) is 0. The second-order valence-corrected chi connectivity index (χ2v) is 33.8. The number of rotatable bonds is 18. The lowest BCUT2D eigenvalue weighted by Crippen LogP contribution is -2.48. The molecule has 0 amide bonds. The fourth-order valence-electron chi connectivity index (χ4n) is 3.22. The van der Waals surface area contributed by atoms with Crippen LogP contribution in [0.15, 0.2) is 12.7 Å². The molecule has 0 aromatic carbocycles. The lowest BCUT2D eigenvalue weighted by molar-refractivity contribution is 0.280. The third kappa shape index (κ3) is 37.0. The maximum absolute atomic E-state index is 6.36. The van der Waals surface area contributed by atoms with Gasteiger partial charge in [0.25, 0.3) is 0 Å². The van der Waals surface area contributed by atoms with E-state index in [0.29, 0.717) is 0 Å². The van der Waals surface area contributed by atoms with Crippen LogP contribution in [0.1, 0.15) is 58.8 Å². The molecule has 0 saturated heterocycles. The maximum Gasteiger partial charge on any atom is 0.324 e. The molecule has 36 heavy (non-hydrogen) atoms. The second-order valence-electron chi connectivity index (χ2n) is 12.8. The van der Waals surface area contributed by atoms with E-state index in [0.717, 1.165) is 18.5 Å². The molecule has 0 aliphatic carbocycles. The van der Waals surface area contributed by atoms with Gasteiger partial charge in [-0.25, -0.2) is 0 Å². The molecule has 0 heterocycles. The summed E-state index contributed by atoms with van der Waals surface area (Å²) in [4.78, 5) is 0. The van der Waals surface area contributed by atoms with Crippen molar-refractivity contribution in [3.05, 3.63) is 12.7 Å². The second kappa shape index (κ2) is 23.7. The van der Waals surface area contributed by atoms with Gasteiger partial charge in [0.05, 0.1) is 17.6 Å². The minimum atomic E-state index is -1.87. The topological polar surface area (TPSA) is 36.9 Å². The summed E-state index contributed by atoms with van der Waals surface area (Å²) < 4.78 is 24.1. The van der Waals surface area contributed by atoms with E-state index in [2.05, 4.69) is 99.0 Å². The van der Waals surface area contributed by atoms with E-state index in [1.165, 1.54) is 44.9 Å². The summed E-state index contributed by atoms with van der Waals surface area (Å²) in [5, 5.41) is 0. The van der Waals surface area contributed by atoms with E-state index < -0.39 is 52.1 Å². The van der Waals surface area contributed by atoms with Gasteiger partial charge in [0.15, 0.2) is 16.6 Å². The van der Waals surface area contributed by atoms with Gasteiger partial charge in [-0.15, -0.1) is 6.58 Å². The summed E-state index contributed by atoms with van der Waals surface area (Å²) in [6.07, 6.45) is 13.1. The average Bonchev–Trinajstić information content (AvgIpc) is 2.71. The predicted molar refractivity (Wildman–Crippen MR) is 182 cm³/mol. The number of allylic oxidation sites excluding steroid dienone is 1. The summed E-state index contributed by atoms with van der Waals surface area (Å²) >= 11 is 0. The van der Waals surface area contributed by atoms with Crippen molar-refractivity contribution in [3.63, 3.8) is 0 Å². The van der Waals surface area contributed by atoms with Crippen LogP contribution >= 0.6 is 0 Å². The summed E-state index contributed by atoms with van der Waals surface area (Å²) in [6.45, 7) is 35.2. The van der Waals surface area contributed by atoms with Crippen LogP contribution in [0.3, 0.4) is 0 Å². The number of hydrogen-bond acceptors (Lipinski definition) is 4. The van der Waals surface area contributed by atoms with Gasteiger partial charge in [-0.05, 0) is 71.3 Å². The first-order valence-electron chi connectivity index (χ1n) is 14.7. The smallest absolute Gasteiger partial charge is 0.324 e. The van der Waals surface area contributed by atoms with Gasteiger partial charge in [0, 0.05) is 12.5 Å². The average molecular weight is 613 g/mol. The Labute approximate surface area is 236 Å². The van der Waals surface area contributed by atoms with Crippen LogP contribution in [0.4, 0.5) is 0 Å². The van der Waals surface area contributed by atoms with Crippen molar-refractivity contribution in [1.29, 1.82) is 0 Å². The van der Waals surface area contributed by atoms with Crippen molar-refractivity contribution >= 4 is 52.1 Å². The zero-order chi connectivity index (χ0) is 28.8. The molecule has 0 rings (SSSR count). The van der Waals surface area contributed by atoms with Crippen LogP contribution in [0.25, 0.3) is 0 Å². The lowest BCUT2D eigenvalue weighted by atomic mass is 10.2. The Morgan fingerprint density at radius 3 is 1.61 bits per heavy atom. The van der Waals surface area contributed by atoms with Crippen LogP contribution < -0.4 is 0 Å². The molecular formula is C26H68O4Si6. The van der Waals surface area contributed by atoms with Gasteiger partial charge in [-0.3, -0.25) is 0 Å². The van der Waals surface area contributed by atoms with E-state index in [1.807, 2.05) is 6.08 Å². The van der Waals surface area contributed by atoms with Gasteiger partial charge in [0.1, 0.15) is 0 Å². The predicted octanol–water partition coefficient (Wildman–Crippen LogP) is 8.63. The van der Waals surface area contributed by atoms with Crippen molar-refractivity contribution in [2.45, 2.75) is 143 Å². The zero-order valence-electron chi connectivity index (χ0n) is 27.2. The van der Waals surface area contributed by atoms with Crippen LogP contribution in [-0.4, -0.2) is 64.5 Å². The van der Waals surface area contributed by atoms with Crippen LogP contribution in [0.5, 0.6) is 0 Å². The monoisotopic (exact) mass is 612 g/mol. The molecule has 0 aromatic rings. The highest BCUT2D eigenvalue weighted by molar-refractivity contribution is 6.82. The molecule has 0 aliphatic heterocycles. The highest BCUT2D eigenvalue weighted by Crippen LogP contribution is 2.22. The van der Waals surface area contributed by atoms with E-state index in [4.69, 9.17) is 17.1 Å². The summed E-state index contributed by atoms with van der Waals surface area (Å²) in [5.74, 6) is 0. The summed E-state index contributed by atoms with van der Waals surface area (Å²) in [6, 6.07) is 1.16. The van der Waals surface area contributed by atoms with Gasteiger partial charge >= 0.3 is 17.8 Å². The Morgan fingerprint density at radius 2 is 1.22 bits per heavy atom. The van der Waals surface area contributed by atoms with Crippen molar-refractivity contribution < 1.29 is 17.1 Å². The van der Waals surface area contributed by atoms with E-state index in [-0.39, 0.29) is 0 Å². The van der Waals surface area contributed by atoms with Crippen molar-refractivity contribution in [1.82, 2.24) is 0 Å². The largest absolute Gasteiger partial charge is 0.438 e. The summed E-state index contributed by atoms with van der Waals surface area (Å²) in [7, 11) is -7.13. The van der Waals surface area contributed by atoms with Gasteiger partial charge < -0.3 is 17.1 Å². The molecule has 4 nitrogen and oxygen atoms in total. The first-order valence-corrected chi connectivity index (χ1v) is 32.3. The highest BCUT2D eigenvalue weighted by atomic mass is 28.4. The number of hydrogen-bond donors (Lipinski definition) is 0. The van der Waals surface area contributed by atoms with Crippen LogP contribution in [0.2, 0.25) is 84.6 Å². The maximum atomic E-state index is 6.36.